The summed E-state index contributed by atoms with van der Waals surface area (Å²) in [5.41, 5.74) is 2.47. The summed E-state index contributed by atoms with van der Waals surface area (Å²) in [5.74, 6) is 0.755. The number of rotatable bonds is 7. The van der Waals surface area contributed by atoms with Gasteiger partial charge >= 0.3 is 0 Å². The molecule has 5 nitrogen and oxygen atoms in total. The third kappa shape index (κ3) is 5.91. The van der Waals surface area contributed by atoms with Crippen molar-refractivity contribution >= 4 is 17.2 Å². The van der Waals surface area contributed by atoms with E-state index in [1.54, 1.807) is 11.3 Å². The summed E-state index contributed by atoms with van der Waals surface area (Å²) in [6.45, 7) is 7.89. The predicted molar refractivity (Wildman–Crippen MR) is 119 cm³/mol. The monoisotopic (exact) mass is 428 g/mol. The molecule has 2 saturated heterocycles. The summed E-state index contributed by atoms with van der Waals surface area (Å²) >= 11 is 1.77. The fraction of sp³-hybridized carbons (Fsp3) is 0.542. The van der Waals surface area contributed by atoms with Crippen LogP contribution in [-0.4, -0.2) is 61.2 Å². The van der Waals surface area contributed by atoms with Crippen molar-refractivity contribution < 1.29 is 14.3 Å². The van der Waals surface area contributed by atoms with E-state index >= 15 is 0 Å². The van der Waals surface area contributed by atoms with Gasteiger partial charge in [0.2, 0.25) is 5.91 Å². The molecule has 1 amide bonds. The lowest BCUT2D eigenvalue weighted by Gasteiger charge is -2.30. The minimum Gasteiger partial charge on any atom is -0.381 e. The highest BCUT2D eigenvalue weighted by atomic mass is 32.1. The Balaban J connectivity index is 1.44. The Labute approximate surface area is 183 Å². The molecule has 1 unspecified atom stereocenters. The number of ether oxygens (including phenoxy) is 2. The molecule has 0 radical (unpaired) electrons. The molecule has 1 aromatic heterocycles. The minimum absolute atomic E-state index is 0.0109. The van der Waals surface area contributed by atoms with Crippen LogP contribution in [0.15, 0.2) is 41.8 Å². The number of carbonyl (C=O) groups is 1. The topological polar surface area (TPSA) is 42.0 Å². The number of thiophene rings is 1. The van der Waals surface area contributed by atoms with Gasteiger partial charge < -0.3 is 14.4 Å². The molecule has 30 heavy (non-hydrogen) atoms. The fourth-order valence-electron chi connectivity index (χ4n) is 4.25. The quantitative estimate of drug-likeness (QED) is 0.674. The van der Waals surface area contributed by atoms with Crippen LogP contribution in [0.3, 0.4) is 0 Å². The summed E-state index contributed by atoms with van der Waals surface area (Å²) in [4.78, 5) is 18.8. The van der Waals surface area contributed by atoms with E-state index in [4.69, 9.17) is 9.47 Å². The Bertz CT molecular complexity index is 804. The molecule has 0 saturated carbocycles. The summed E-state index contributed by atoms with van der Waals surface area (Å²) < 4.78 is 11.8. The van der Waals surface area contributed by atoms with E-state index in [9.17, 15) is 4.79 Å². The van der Waals surface area contributed by atoms with Crippen LogP contribution in [0.5, 0.6) is 0 Å². The number of hydrogen-bond donors (Lipinski definition) is 0. The number of carbonyl (C=O) groups excluding carboxylic acids is 1. The molecule has 2 aliphatic rings. The normalized spacial score (nSPS) is 21.7. The zero-order valence-electron chi connectivity index (χ0n) is 17.8. The first-order valence-corrected chi connectivity index (χ1v) is 11.8. The van der Waals surface area contributed by atoms with Gasteiger partial charge in [-0.15, -0.1) is 11.3 Å². The van der Waals surface area contributed by atoms with E-state index in [1.807, 2.05) is 23.1 Å². The first-order chi connectivity index (χ1) is 14.7. The Hall–Kier alpha value is -1.73. The molecule has 0 N–H and O–H groups in total. The maximum atomic E-state index is 13.1. The third-order valence-corrected chi connectivity index (χ3v) is 7.09. The summed E-state index contributed by atoms with van der Waals surface area (Å²) in [5, 5.41) is 2.13. The number of amides is 1. The molecule has 1 aromatic carbocycles. The van der Waals surface area contributed by atoms with Crippen molar-refractivity contribution in [1.29, 1.82) is 0 Å². The molecule has 2 fully saturated rings. The highest BCUT2D eigenvalue weighted by Gasteiger charge is 2.30. The van der Waals surface area contributed by atoms with Crippen molar-refractivity contribution in [2.75, 3.05) is 39.4 Å². The van der Waals surface area contributed by atoms with Gasteiger partial charge in [0, 0.05) is 44.3 Å². The van der Waals surface area contributed by atoms with Gasteiger partial charge in [0.1, 0.15) is 0 Å². The predicted octanol–water partition coefficient (Wildman–Crippen LogP) is 3.71. The fourth-order valence-corrected chi connectivity index (χ4v) is 5.20. The smallest absolute Gasteiger partial charge is 0.236 e. The standard InChI is InChI=1S/C24H32N2O3S/c1-19-9-12-30-23(19)16-25-14-22(29-18-21-5-3-2-4-6-21)15-26(24(27)17-25)13-20-7-10-28-11-8-20/h2-6,9,12,20,22H,7-8,10-11,13-18H2,1H3. The van der Waals surface area contributed by atoms with Crippen molar-refractivity contribution in [3.05, 3.63) is 57.8 Å². The largest absolute Gasteiger partial charge is 0.381 e. The van der Waals surface area contributed by atoms with Crippen molar-refractivity contribution in [3.8, 4) is 0 Å². The molecule has 162 valence electrons. The highest BCUT2D eigenvalue weighted by molar-refractivity contribution is 7.10. The maximum Gasteiger partial charge on any atom is 0.236 e. The second-order valence-corrected chi connectivity index (χ2v) is 9.47. The number of benzene rings is 1. The zero-order chi connectivity index (χ0) is 20.8. The van der Waals surface area contributed by atoms with Crippen molar-refractivity contribution in [2.24, 2.45) is 5.92 Å². The van der Waals surface area contributed by atoms with Crippen LogP contribution in [0.1, 0.15) is 28.8 Å². The second kappa shape index (κ2) is 10.5. The highest BCUT2D eigenvalue weighted by Crippen LogP contribution is 2.22. The molecule has 0 spiro atoms. The molecular formula is C24H32N2O3S. The molecule has 0 bridgehead atoms. The van der Waals surface area contributed by atoms with Crippen LogP contribution in [0.25, 0.3) is 0 Å². The number of hydrogen-bond acceptors (Lipinski definition) is 5. The van der Waals surface area contributed by atoms with Crippen LogP contribution in [-0.2, 0) is 27.4 Å². The lowest BCUT2D eigenvalue weighted by Crippen LogP contribution is -2.42. The molecule has 2 aliphatic heterocycles. The van der Waals surface area contributed by atoms with Gasteiger partial charge in [-0.05, 0) is 48.3 Å². The summed E-state index contributed by atoms with van der Waals surface area (Å²) in [6.07, 6.45) is 2.09. The first-order valence-electron chi connectivity index (χ1n) is 10.9. The molecule has 4 rings (SSSR count). The summed E-state index contributed by atoms with van der Waals surface area (Å²) in [6, 6.07) is 12.4. The minimum atomic E-state index is 0.0109. The van der Waals surface area contributed by atoms with Gasteiger partial charge in [-0.25, -0.2) is 0 Å². The maximum absolute atomic E-state index is 13.1. The van der Waals surface area contributed by atoms with Crippen LogP contribution in [0.4, 0.5) is 0 Å². The molecule has 2 aromatic rings. The van der Waals surface area contributed by atoms with Crippen LogP contribution < -0.4 is 0 Å². The number of nitrogens with zero attached hydrogens (tertiary/aromatic N) is 2. The SMILES string of the molecule is Cc1ccsc1CN1CC(=O)N(CC2CCOCC2)CC(OCc2ccccc2)C1. The first kappa shape index (κ1) is 21.5. The second-order valence-electron chi connectivity index (χ2n) is 8.47. The lowest BCUT2D eigenvalue weighted by molar-refractivity contribution is -0.133. The average molecular weight is 429 g/mol. The molecular weight excluding hydrogens is 396 g/mol. The summed E-state index contributed by atoms with van der Waals surface area (Å²) in [7, 11) is 0. The van der Waals surface area contributed by atoms with E-state index in [1.165, 1.54) is 16.0 Å². The van der Waals surface area contributed by atoms with Crippen LogP contribution in [0, 0.1) is 12.8 Å². The Morgan fingerprint density at radius 2 is 1.93 bits per heavy atom. The van der Waals surface area contributed by atoms with Gasteiger partial charge in [-0.1, -0.05) is 30.3 Å². The number of aryl methyl sites for hydroxylation is 1. The molecule has 6 heteroatoms. The zero-order valence-corrected chi connectivity index (χ0v) is 18.6. The average Bonchev–Trinajstić information content (AvgIpc) is 3.10. The Morgan fingerprint density at radius 1 is 1.13 bits per heavy atom. The third-order valence-electron chi connectivity index (χ3n) is 6.08. The van der Waals surface area contributed by atoms with Crippen molar-refractivity contribution in [1.82, 2.24) is 9.80 Å². The molecule has 0 aliphatic carbocycles. The van der Waals surface area contributed by atoms with Gasteiger partial charge in [0.05, 0.1) is 19.3 Å². The Morgan fingerprint density at radius 3 is 2.67 bits per heavy atom. The van der Waals surface area contributed by atoms with Crippen molar-refractivity contribution in [3.63, 3.8) is 0 Å². The van der Waals surface area contributed by atoms with Gasteiger partial charge in [0.25, 0.3) is 0 Å². The van der Waals surface area contributed by atoms with E-state index in [0.29, 0.717) is 25.6 Å². The van der Waals surface area contributed by atoms with Gasteiger partial charge in [0.15, 0.2) is 0 Å². The van der Waals surface area contributed by atoms with Gasteiger partial charge in [-0.2, -0.15) is 0 Å². The lowest BCUT2D eigenvalue weighted by atomic mass is 9.99. The van der Waals surface area contributed by atoms with E-state index < -0.39 is 0 Å². The molecule has 3 heterocycles. The molecule has 1 atom stereocenters. The van der Waals surface area contributed by atoms with E-state index in [0.717, 1.165) is 45.7 Å². The van der Waals surface area contributed by atoms with E-state index in [2.05, 4.69) is 35.4 Å². The Kier molecular flexibility index (Phi) is 7.55. The van der Waals surface area contributed by atoms with E-state index in [-0.39, 0.29) is 12.0 Å². The van der Waals surface area contributed by atoms with Crippen molar-refractivity contribution in [2.45, 2.75) is 39.0 Å². The van der Waals surface area contributed by atoms with Crippen LogP contribution in [0.2, 0.25) is 0 Å². The van der Waals surface area contributed by atoms with Gasteiger partial charge in [-0.3, -0.25) is 9.69 Å². The van der Waals surface area contributed by atoms with Crippen LogP contribution >= 0.6 is 11.3 Å².